The Morgan fingerprint density at radius 3 is 2.28 bits per heavy atom. The average molecular weight is 817 g/mol. The second kappa shape index (κ2) is 14.7. The molecule has 1 saturated heterocycles. The Hall–Kier alpha value is -5.44. The third-order valence-electron chi connectivity index (χ3n) is 12.1. The number of H-pyrrole nitrogens is 1. The molecule has 8 rings (SSSR count). The predicted molar refractivity (Wildman–Crippen MR) is 213 cm³/mol. The summed E-state index contributed by atoms with van der Waals surface area (Å²) in [5, 5.41) is 3.83. The number of carbonyl (C=O) groups excluding carboxylic acids is 2. The number of ether oxygens (including phenoxy) is 1. The van der Waals surface area contributed by atoms with Gasteiger partial charge in [0.1, 0.15) is 11.9 Å². The molecule has 2 heterocycles. The van der Waals surface area contributed by atoms with E-state index in [4.69, 9.17) is 9.72 Å². The molecule has 0 unspecified atom stereocenters. The number of aromatic amines is 1. The molecule has 11 nitrogen and oxygen atoms in total. The molecule has 1 spiro atoms. The third-order valence-corrected chi connectivity index (χ3v) is 13.1. The van der Waals surface area contributed by atoms with Crippen LogP contribution in [0.3, 0.4) is 0 Å². The number of nitrogens with zero attached hydrogens (tertiary/aromatic N) is 2. The van der Waals surface area contributed by atoms with Crippen LogP contribution >= 0.6 is 0 Å². The molecule has 1 aromatic heterocycles. The van der Waals surface area contributed by atoms with Crippen LogP contribution in [0.1, 0.15) is 75.4 Å². The standard InChI is InChI=1S/C43H43F3N4O7S/c1-24(2)37(48-41(53)56-3)40(52)50-20-8-11-35(50)38-47-34-16-12-25(21-31(34)39(51)49-38)26-13-14-29(33-23-42(22-32(26)33)18-6-7-19-42)28-15-17-36(30-10-5-4-9-27(28)30)57-58(54,55)43(44,45)46/h4-5,9-10,12-17,21,24,35,37H,6-8,11,18-20,22-23H2,1-3H3,(H,48,53)(H,47,49,51)/t35-,37+/m0/s1. The van der Waals surface area contributed by atoms with E-state index in [2.05, 4.69) is 14.5 Å². The molecule has 4 aromatic carbocycles. The smallest absolute Gasteiger partial charge is 0.453 e. The summed E-state index contributed by atoms with van der Waals surface area (Å²) in [5.74, 6) is -0.506. The summed E-state index contributed by atoms with van der Waals surface area (Å²) in [7, 11) is -4.64. The third kappa shape index (κ3) is 6.96. The monoisotopic (exact) mass is 816 g/mol. The molecule has 58 heavy (non-hydrogen) atoms. The van der Waals surface area contributed by atoms with Crippen LogP contribution in [0.15, 0.2) is 71.5 Å². The number of aromatic nitrogens is 2. The zero-order chi connectivity index (χ0) is 41.1. The summed E-state index contributed by atoms with van der Waals surface area (Å²) >= 11 is 0. The fourth-order valence-electron chi connectivity index (χ4n) is 9.33. The SMILES string of the molecule is COC(=O)N[C@@H](C(=O)N1CCC[C@H]1c1nc2ccc(-c3ccc(-c4ccc(OS(=O)(=O)C(F)(F)F)c5ccccc45)c4c3CC3(CCCC3)C4)cc2c(=O)[nH]1)C(C)C. The number of alkyl halides is 3. The topological polar surface area (TPSA) is 148 Å². The van der Waals surface area contributed by atoms with E-state index in [0.29, 0.717) is 41.5 Å². The maximum atomic E-state index is 13.8. The fourth-order valence-corrected chi connectivity index (χ4v) is 9.81. The molecule has 2 amide bonds. The van der Waals surface area contributed by atoms with Gasteiger partial charge in [0.25, 0.3) is 5.56 Å². The van der Waals surface area contributed by atoms with Gasteiger partial charge in [-0.1, -0.05) is 69.2 Å². The first-order chi connectivity index (χ1) is 27.6. The lowest BCUT2D eigenvalue weighted by Gasteiger charge is -2.30. The molecule has 2 atom stereocenters. The van der Waals surface area contributed by atoms with Crippen molar-refractivity contribution in [3.63, 3.8) is 0 Å². The van der Waals surface area contributed by atoms with Gasteiger partial charge in [0, 0.05) is 11.9 Å². The van der Waals surface area contributed by atoms with Crippen molar-refractivity contribution in [2.45, 2.75) is 82.8 Å². The molecule has 3 aliphatic rings. The summed E-state index contributed by atoms with van der Waals surface area (Å²) in [4.78, 5) is 49.0. The zero-order valence-corrected chi connectivity index (χ0v) is 33.1. The van der Waals surface area contributed by atoms with Crippen molar-refractivity contribution in [2.75, 3.05) is 13.7 Å². The largest absolute Gasteiger partial charge is 0.534 e. The van der Waals surface area contributed by atoms with Gasteiger partial charge >= 0.3 is 21.7 Å². The lowest BCUT2D eigenvalue weighted by atomic mass is 9.82. The highest BCUT2D eigenvalue weighted by molar-refractivity contribution is 7.88. The van der Waals surface area contributed by atoms with Gasteiger partial charge in [-0.05, 0) is 113 Å². The Bertz CT molecular complexity index is 2640. The van der Waals surface area contributed by atoms with Crippen LogP contribution < -0.4 is 15.1 Å². The van der Waals surface area contributed by atoms with Gasteiger partial charge in [0.15, 0.2) is 5.75 Å². The highest BCUT2D eigenvalue weighted by atomic mass is 32.2. The first-order valence-electron chi connectivity index (χ1n) is 19.5. The Labute approximate surface area is 333 Å². The van der Waals surface area contributed by atoms with Gasteiger partial charge in [-0.2, -0.15) is 21.6 Å². The van der Waals surface area contributed by atoms with E-state index in [0.717, 1.165) is 71.9 Å². The number of benzene rings is 4. The number of rotatable bonds is 8. The molecule has 2 fully saturated rings. The Balaban J connectivity index is 1.17. The van der Waals surface area contributed by atoms with Crippen molar-refractivity contribution in [3.05, 3.63) is 94.0 Å². The normalized spacial score (nSPS) is 18.3. The van der Waals surface area contributed by atoms with Crippen LogP contribution in [-0.2, 0) is 32.5 Å². The van der Waals surface area contributed by atoms with E-state index < -0.39 is 39.6 Å². The molecule has 1 aliphatic heterocycles. The number of likely N-dealkylation sites (tertiary alicyclic amines) is 1. The predicted octanol–water partition coefficient (Wildman–Crippen LogP) is 8.34. The van der Waals surface area contributed by atoms with E-state index in [1.54, 1.807) is 35.2 Å². The van der Waals surface area contributed by atoms with Crippen LogP contribution in [0.2, 0.25) is 0 Å². The lowest BCUT2D eigenvalue weighted by Crippen LogP contribution is -2.51. The van der Waals surface area contributed by atoms with Gasteiger partial charge in [-0.15, -0.1) is 0 Å². The van der Waals surface area contributed by atoms with E-state index in [1.165, 1.54) is 13.2 Å². The number of hydrogen-bond acceptors (Lipinski definition) is 8. The van der Waals surface area contributed by atoms with Gasteiger partial charge in [0.05, 0.1) is 24.1 Å². The number of methoxy groups -OCH3 is 1. The first-order valence-corrected chi connectivity index (χ1v) is 20.9. The molecular formula is C43H43F3N4O7S. The number of hydrogen-bond donors (Lipinski definition) is 2. The van der Waals surface area contributed by atoms with Gasteiger partial charge in [-0.25, -0.2) is 9.78 Å². The fraction of sp³-hybridized carbons (Fsp3) is 0.395. The Morgan fingerprint density at radius 1 is 0.914 bits per heavy atom. The number of carbonyl (C=O) groups is 2. The van der Waals surface area contributed by atoms with Crippen molar-refractivity contribution in [3.8, 4) is 28.0 Å². The second-order valence-electron chi connectivity index (χ2n) is 16.0. The highest BCUT2D eigenvalue weighted by Gasteiger charge is 2.49. The average Bonchev–Trinajstić information content (AvgIpc) is 3.96. The van der Waals surface area contributed by atoms with E-state index in [1.807, 2.05) is 44.2 Å². The summed E-state index contributed by atoms with van der Waals surface area (Å²) in [6.07, 6.45) is 6.59. The van der Waals surface area contributed by atoms with Crippen LogP contribution in [-0.4, -0.2) is 60.5 Å². The summed E-state index contributed by atoms with van der Waals surface area (Å²) in [6, 6.07) is 17.9. The number of fused-ring (bicyclic) bond motifs is 3. The van der Waals surface area contributed by atoms with Gasteiger partial charge in [0.2, 0.25) is 5.91 Å². The van der Waals surface area contributed by atoms with E-state index >= 15 is 0 Å². The van der Waals surface area contributed by atoms with Gasteiger partial charge in [-0.3, -0.25) is 9.59 Å². The lowest BCUT2D eigenvalue weighted by molar-refractivity contribution is -0.135. The highest BCUT2D eigenvalue weighted by Crippen LogP contribution is 2.54. The molecule has 0 radical (unpaired) electrons. The molecule has 15 heteroatoms. The number of alkyl carbamates (subject to hydrolysis) is 1. The number of nitrogens with one attached hydrogen (secondary N) is 2. The van der Waals surface area contributed by atoms with Crippen molar-refractivity contribution in [1.29, 1.82) is 0 Å². The molecule has 2 N–H and O–H groups in total. The molecular weight excluding hydrogens is 774 g/mol. The van der Waals surface area contributed by atoms with Crippen molar-refractivity contribution in [2.24, 2.45) is 11.3 Å². The minimum Gasteiger partial charge on any atom is -0.453 e. The second-order valence-corrected chi connectivity index (χ2v) is 17.6. The van der Waals surface area contributed by atoms with Crippen LogP contribution in [0.25, 0.3) is 43.9 Å². The minimum atomic E-state index is -5.88. The maximum Gasteiger partial charge on any atom is 0.534 e. The molecule has 304 valence electrons. The zero-order valence-electron chi connectivity index (χ0n) is 32.2. The number of halogens is 3. The van der Waals surface area contributed by atoms with Crippen LogP contribution in [0, 0.1) is 11.3 Å². The minimum absolute atomic E-state index is 0.0587. The maximum absolute atomic E-state index is 13.8. The summed E-state index contributed by atoms with van der Waals surface area (Å²) in [5.41, 5.74) is 0.354. The van der Waals surface area contributed by atoms with Crippen molar-refractivity contribution in [1.82, 2.24) is 20.2 Å². The van der Waals surface area contributed by atoms with Gasteiger partial charge < -0.3 is 24.1 Å². The molecule has 0 bridgehead atoms. The van der Waals surface area contributed by atoms with Crippen molar-refractivity contribution < 1.29 is 40.1 Å². The molecule has 1 saturated carbocycles. The first kappa shape index (κ1) is 39.4. The Kier molecular flexibility index (Phi) is 10.0. The number of amides is 2. The van der Waals surface area contributed by atoms with Crippen molar-refractivity contribution >= 4 is 43.8 Å². The molecule has 5 aromatic rings. The summed E-state index contributed by atoms with van der Waals surface area (Å²) < 4.78 is 73.2. The van der Waals surface area contributed by atoms with E-state index in [9.17, 15) is 36.0 Å². The van der Waals surface area contributed by atoms with Crippen LogP contribution in [0.5, 0.6) is 5.75 Å². The Morgan fingerprint density at radius 2 is 1.59 bits per heavy atom. The summed E-state index contributed by atoms with van der Waals surface area (Å²) in [6.45, 7) is 4.13. The molecule has 2 aliphatic carbocycles. The van der Waals surface area contributed by atoms with Crippen LogP contribution in [0.4, 0.5) is 18.0 Å². The van der Waals surface area contributed by atoms with E-state index in [-0.39, 0.29) is 28.2 Å². The quantitative estimate of drug-likeness (QED) is 0.117.